The zero-order valence-corrected chi connectivity index (χ0v) is 18.2. The SMILES string of the molecule is COC(=O)CCN1CCN(CC2CN(CCCC3CCN(C)CC3)C(=O)O2)CC1. The van der Waals surface area contributed by atoms with Crippen LogP contribution in [0.25, 0.3) is 0 Å². The van der Waals surface area contributed by atoms with Crippen LogP contribution >= 0.6 is 0 Å². The van der Waals surface area contributed by atoms with Gasteiger partial charge in [-0.15, -0.1) is 0 Å². The first kappa shape index (κ1) is 22.3. The Balaban J connectivity index is 1.29. The highest BCUT2D eigenvalue weighted by atomic mass is 16.6. The number of amides is 1. The van der Waals surface area contributed by atoms with Gasteiger partial charge in [0.25, 0.3) is 0 Å². The van der Waals surface area contributed by atoms with Gasteiger partial charge in [0.1, 0.15) is 6.10 Å². The second-order valence-corrected chi connectivity index (χ2v) is 8.81. The minimum absolute atomic E-state index is 0.0209. The summed E-state index contributed by atoms with van der Waals surface area (Å²) in [5.74, 6) is 0.664. The van der Waals surface area contributed by atoms with Crippen LogP contribution in [0.3, 0.4) is 0 Å². The number of esters is 1. The molecule has 29 heavy (non-hydrogen) atoms. The largest absolute Gasteiger partial charge is 0.469 e. The van der Waals surface area contributed by atoms with Gasteiger partial charge in [0.2, 0.25) is 0 Å². The minimum Gasteiger partial charge on any atom is -0.469 e. The Kier molecular flexibility index (Phi) is 8.56. The summed E-state index contributed by atoms with van der Waals surface area (Å²) in [5.41, 5.74) is 0. The van der Waals surface area contributed by atoms with E-state index in [1.54, 1.807) is 0 Å². The van der Waals surface area contributed by atoms with Crippen LogP contribution in [0.2, 0.25) is 0 Å². The van der Waals surface area contributed by atoms with Crippen LogP contribution in [-0.2, 0) is 14.3 Å². The third kappa shape index (κ3) is 7.12. The van der Waals surface area contributed by atoms with Gasteiger partial charge in [-0.25, -0.2) is 4.79 Å². The van der Waals surface area contributed by atoms with Crippen molar-refractivity contribution < 1.29 is 19.1 Å². The molecular formula is C21H38N4O4. The van der Waals surface area contributed by atoms with Gasteiger partial charge in [-0.2, -0.15) is 0 Å². The maximum absolute atomic E-state index is 12.2. The highest BCUT2D eigenvalue weighted by Gasteiger charge is 2.33. The first-order valence-electron chi connectivity index (χ1n) is 11.2. The molecule has 0 spiro atoms. The van der Waals surface area contributed by atoms with Crippen LogP contribution in [0.4, 0.5) is 4.79 Å². The summed E-state index contributed by atoms with van der Waals surface area (Å²) in [6.07, 6.45) is 5.15. The maximum atomic E-state index is 12.2. The van der Waals surface area contributed by atoms with Crippen molar-refractivity contribution in [3.05, 3.63) is 0 Å². The van der Waals surface area contributed by atoms with Crippen LogP contribution in [0, 0.1) is 5.92 Å². The predicted octanol–water partition coefficient (Wildman–Crippen LogP) is 1.11. The fourth-order valence-electron chi connectivity index (χ4n) is 4.61. The first-order chi connectivity index (χ1) is 14.0. The van der Waals surface area contributed by atoms with Crippen molar-refractivity contribution in [2.75, 3.05) is 79.6 Å². The zero-order valence-electron chi connectivity index (χ0n) is 18.2. The molecule has 0 N–H and O–H groups in total. The average Bonchev–Trinajstić information content (AvgIpc) is 3.07. The van der Waals surface area contributed by atoms with E-state index < -0.39 is 0 Å². The molecule has 3 aliphatic heterocycles. The molecule has 8 heteroatoms. The number of hydrogen-bond donors (Lipinski definition) is 0. The molecule has 1 atom stereocenters. The monoisotopic (exact) mass is 410 g/mol. The van der Waals surface area contributed by atoms with Crippen molar-refractivity contribution in [1.29, 1.82) is 0 Å². The number of ether oxygens (including phenoxy) is 2. The summed E-state index contributed by atoms with van der Waals surface area (Å²) in [6, 6.07) is 0. The molecule has 3 aliphatic rings. The first-order valence-corrected chi connectivity index (χ1v) is 11.2. The number of piperidine rings is 1. The van der Waals surface area contributed by atoms with Crippen molar-refractivity contribution >= 4 is 12.1 Å². The van der Waals surface area contributed by atoms with Crippen LogP contribution in [-0.4, -0.2) is 117 Å². The van der Waals surface area contributed by atoms with Crippen molar-refractivity contribution in [1.82, 2.24) is 19.6 Å². The Bertz CT molecular complexity index is 531. The number of rotatable bonds is 9. The Morgan fingerprint density at radius 1 is 1.07 bits per heavy atom. The maximum Gasteiger partial charge on any atom is 0.410 e. The Hall–Kier alpha value is -1.38. The third-order valence-electron chi connectivity index (χ3n) is 6.61. The smallest absolute Gasteiger partial charge is 0.410 e. The number of piperazine rings is 1. The fraction of sp³-hybridized carbons (Fsp3) is 0.905. The van der Waals surface area contributed by atoms with E-state index in [1.807, 2.05) is 4.90 Å². The summed E-state index contributed by atoms with van der Waals surface area (Å²) < 4.78 is 10.3. The van der Waals surface area contributed by atoms with Crippen LogP contribution in [0.1, 0.15) is 32.1 Å². The number of cyclic esters (lactones) is 1. The van der Waals surface area contributed by atoms with E-state index in [0.717, 1.165) is 64.7 Å². The van der Waals surface area contributed by atoms with Crippen LogP contribution in [0.5, 0.6) is 0 Å². The molecule has 3 fully saturated rings. The predicted molar refractivity (Wildman–Crippen MR) is 111 cm³/mol. The molecule has 3 rings (SSSR count). The minimum atomic E-state index is -0.152. The molecule has 3 saturated heterocycles. The lowest BCUT2D eigenvalue weighted by Crippen LogP contribution is -2.49. The molecule has 166 valence electrons. The lowest BCUT2D eigenvalue weighted by atomic mass is 9.92. The van der Waals surface area contributed by atoms with Crippen molar-refractivity contribution in [3.8, 4) is 0 Å². The highest BCUT2D eigenvalue weighted by Crippen LogP contribution is 2.22. The zero-order chi connectivity index (χ0) is 20.6. The van der Waals surface area contributed by atoms with Crippen LogP contribution < -0.4 is 0 Å². The number of hydrogen-bond acceptors (Lipinski definition) is 7. The van der Waals surface area contributed by atoms with Gasteiger partial charge in [0.15, 0.2) is 0 Å². The number of carbonyl (C=O) groups is 2. The number of likely N-dealkylation sites (tertiary alicyclic amines) is 1. The molecule has 3 heterocycles. The molecule has 0 aromatic carbocycles. The Morgan fingerprint density at radius 2 is 1.76 bits per heavy atom. The molecule has 0 aliphatic carbocycles. The Labute approximate surface area is 175 Å². The van der Waals surface area contributed by atoms with E-state index in [9.17, 15) is 9.59 Å². The second-order valence-electron chi connectivity index (χ2n) is 8.81. The summed E-state index contributed by atoms with van der Waals surface area (Å²) in [6.45, 7) is 9.29. The molecular weight excluding hydrogens is 372 g/mol. The van der Waals surface area contributed by atoms with E-state index in [-0.39, 0.29) is 18.2 Å². The molecule has 0 aromatic rings. The van der Waals surface area contributed by atoms with Gasteiger partial charge < -0.3 is 24.2 Å². The van der Waals surface area contributed by atoms with Gasteiger partial charge in [-0.1, -0.05) is 0 Å². The molecule has 8 nitrogen and oxygen atoms in total. The molecule has 0 radical (unpaired) electrons. The summed E-state index contributed by atoms with van der Waals surface area (Å²) in [4.78, 5) is 32.4. The average molecular weight is 411 g/mol. The summed E-state index contributed by atoms with van der Waals surface area (Å²) in [5, 5.41) is 0. The molecule has 0 aromatic heterocycles. The van der Waals surface area contributed by atoms with Crippen molar-refractivity contribution in [3.63, 3.8) is 0 Å². The lowest BCUT2D eigenvalue weighted by molar-refractivity contribution is -0.141. The molecule has 0 bridgehead atoms. The van der Waals surface area contributed by atoms with Gasteiger partial charge in [0.05, 0.1) is 20.1 Å². The normalized spacial score (nSPS) is 25.4. The standard InChI is InChI=1S/C21H38N4O4/c1-22-9-5-18(6-10-22)4-3-8-25-17-19(29-21(25)27)16-24-14-12-23(13-15-24)11-7-20(26)28-2/h18-19H,3-17H2,1-2H3. The quantitative estimate of drug-likeness (QED) is 0.528. The van der Waals surface area contributed by atoms with E-state index in [4.69, 9.17) is 9.47 Å². The van der Waals surface area contributed by atoms with Gasteiger partial charge in [0, 0.05) is 45.8 Å². The van der Waals surface area contributed by atoms with E-state index in [1.165, 1.54) is 39.5 Å². The van der Waals surface area contributed by atoms with Crippen LogP contribution in [0.15, 0.2) is 0 Å². The number of carbonyl (C=O) groups excluding carboxylic acids is 2. The molecule has 1 unspecified atom stereocenters. The second kappa shape index (κ2) is 11.1. The van der Waals surface area contributed by atoms with Gasteiger partial charge in [-0.3, -0.25) is 9.69 Å². The topological polar surface area (TPSA) is 65.6 Å². The van der Waals surface area contributed by atoms with Gasteiger partial charge in [-0.05, 0) is 51.7 Å². The molecule has 0 saturated carbocycles. The van der Waals surface area contributed by atoms with E-state index in [2.05, 4.69) is 21.7 Å². The van der Waals surface area contributed by atoms with Crippen molar-refractivity contribution in [2.24, 2.45) is 5.92 Å². The van der Waals surface area contributed by atoms with Crippen molar-refractivity contribution in [2.45, 2.75) is 38.2 Å². The van der Waals surface area contributed by atoms with E-state index in [0.29, 0.717) is 6.42 Å². The summed E-state index contributed by atoms with van der Waals surface area (Å²) in [7, 11) is 3.63. The number of methoxy groups -OCH3 is 1. The third-order valence-corrected chi connectivity index (χ3v) is 6.61. The van der Waals surface area contributed by atoms with E-state index >= 15 is 0 Å². The molecule has 1 amide bonds. The lowest BCUT2D eigenvalue weighted by Gasteiger charge is -2.35. The Morgan fingerprint density at radius 3 is 2.45 bits per heavy atom. The highest BCUT2D eigenvalue weighted by molar-refractivity contribution is 5.70. The summed E-state index contributed by atoms with van der Waals surface area (Å²) >= 11 is 0. The number of nitrogens with zero attached hydrogens (tertiary/aromatic N) is 4. The van der Waals surface area contributed by atoms with Gasteiger partial charge >= 0.3 is 12.1 Å². The fourth-order valence-corrected chi connectivity index (χ4v) is 4.61.